The van der Waals surface area contributed by atoms with Crippen molar-refractivity contribution in [3.05, 3.63) is 77.9 Å². The van der Waals surface area contributed by atoms with Gasteiger partial charge < -0.3 is 0 Å². The predicted octanol–water partition coefficient (Wildman–Crippen LogP) is 6.50. The summed E-state index contributed by atoms with van der Waals surface area (Å²) in [4.78, 5) is 0.0663. The van der Waals surface area contributed by atoms with Gasteiger partial charge in [-0.3, -0.25) is 0 Å². The molecule has 0 heterocycles. The lowest BCUT2D eigenvalue weighted by Gasteiger charge is -2.44. The number of benzene rings is 2. The van der Waals surface area contributed by atoms with Crippen molar-refractivity contribution in [3.63, 3.8) is 0 Å². The lowest BCUT2D eigenvalue weighted by molar-refractivity contribution is 0.0803. The lowest BCUT2D eigenvalue weighted by atomic mass is 9.64. The van der Waals surface area contributed by atoms with Gasteiger partial charge in [0.05, 0.1) is 21.1 Å². The summed E-state index contributed by atoms with van der Waals surface area (Å²) in [5.74, 6) is -1.63. The second-order valence-corrected chi connectivity index (χ2v) is 15.0. The molecule has 1 aliphatic rings. The average molecular weight is 594 g/mol. The van der Waals surface area contributed by atoms with Crippen LogP contribution in [0.2, 0.25) is 0 Å². The Balaban J connectivity index is 1.92. The van der Waals surface area contributed by atoms with Crippen molar-refractivity contribution in [2.45, 2.75) is 50.3 Å². The zero-order valence-electron chi connectivity index (χ0n) is 23.8. The van der Waals surface area contributed by atoms with Crippen LogP contribution in [-0.4, -0.2) is 47.5 Å². The molecule has 2 atom stereocenters. The van der Waals surface area contributed by atoms with E-state index in [1.165, 1.54) is 41.7 Å². The Hall–Kier alpha value is -2.76. The van der Waals surface area contributed by atoms with Crippen molar-refractivity contribution in [3.8, 4) is 0 Å². The molecule has 1 saturated carbocycles. The highest BCUT2D eigenvalue weighted by atomic mass is 32.2. The minimum atomic E-state index is -3.91. The second kappa shape index (κ2) is 11.6. The van der Waals surface area contributed by atoms with Gasteiger partial charge in [0.1, 0.15) is 11.6 Å². The van der Waals surface area contributed by atoms with Crippen LogP contribution in [0.4, 0.5) is 8.78 Å². The zero-order chi connectivity index (χ0) is 30.1. The normalized spacial score (nSPS) is 21.8. The third-order valence-electron chi connectivity index (χ3n) is 8.38. The Kier molecular flexibility index (Phi) is 9.23. The Morgan fingerprint density at radius 3 is 2.10 bits per heavy atom. The van der Waals surface area contributed by atoms with E-state index >= 15 is 0 Å². The maximum atomic E-state index is 14.5. The van der Waals surface area contributed by atoms with Gasteiger partial charge in [-0.15, -0.1) is 0 Å². The summed E-state index contributed by atoms with van der Waals surface area (Å²) in [6.07, 6.45) is 4.01. The van der Waals surface area contributed by atoms with Crippen LogP contribution in [0.15, 0.2) is 80.7 Å². The van der Waals surface area contributed by atoms with Gasteiger partial charge in [0.15, 0.2) is 9.84 Å². The van der Waals surface area contributed by atoms with Crippen molar-refractivity contribution >= 4 is 25.6 Å². The van der Waals surface area contributed by atoms with E-state index in [1.54, 1.807) is 13.0 Å². The molecule has 2 aromatic rings. The molecular weight excluding hydrogens is 556 g/mol. The molecule has 0 amide bonds. The van der Waals surface area contributed by atoms with Crippen LogP contribution in [0, 0.1) is 28.4 Å². The molecule has 1 aliphatic carbocycles. The molecule has 0 aliphatic heterocycles. The number of allylic oxidation sites excluding steroid dienone is 2. The maximum Gasteiger partial charge on any atom is 0.243 e. The van der Waals surface area contributed by atoms with Crippen molar-refractivity contribution in [2.75, 3.05) is 26.4 Å². The number of sulfone groups is 1. The highest BCUT2D eigenvalue weighted by Crippen LogP contribution is 2.58. The predicted molar refractivity (Wildman–Crippen MR) is 153 cm³/mol. The molecule has 0 N–H and O–H groups in total. The first-order valence-electron chi connectivity index (χ1n) is 12.9. The number of nitrogens with zero attached hydrogens (tertiary/aromatic N) is 3. The van der Waals surface area contributed by atoms with Crippen molar-refractivity contribution in [2.24, 2.45) is 27.0 Å². The number of rotatable bonds is 10. The van der Waals surface area contributed by atoms with Gasteiger partial charge in [-0.25, -0.2) is 25.6 Å². The molecule has 0 radical (unpaired) electrons. The van der Waals surface area contributed by atoms with E-state index in [9.17, 15) is 25.6 Å². The SMILES string of the molecule is C=C(/C=C(\N=N/C)c1c(F)cccc1F)C1CCC(C)(CN(CC)S(=O)(=O)c2ccc(S(C)(=O)=O)cc2)C1(C)C. The van der Waals surface area contributed by atoms with Crippen LogP contribution in [0.3, 0.4) is 0 Å². The fraction of sp³-hybridized carbons (Fsp3) is 0.448. The summed E-state index contributed by atoms with van der Waals surface area (Å²) < 4.78 is 81.3. The van der Waals surface area contributed by atoms with Crippen LogP contribution < -0.4 is 0 Å². The first kappa shape index (κ1) is 31.8. The van der Waals surface area contributed by atoms with Gasteiger partial charge >= 0.3 is 0 Å². The van der Waals surface area contributed by atoms with Crippen LogP contribution in [0.25, 0.3) is 5.70 Å². The summed E-state index contributed by atoms with van der Waals surface area (Å²) in [5.41, 5.74) is -0.548. The van der Waals surface area contributed by atoms with E-state index < -0.39 is 42.3 Å². The number of hydrogen-bond acceptors (Lipinski definition) is 6. The molecule has 0 saturated heterocycles. The smallest absolute Gasteiger partial charge is 0.224 e. The molecule has 0 bridgehead atoms. The molecule has 7 nitrogen and oxygen atoms in total. The van der Waals surface area contributed by atoms with E-state index in [0.717, 1.165) is 18.4 Å². The first-order chi connectivity index (χ1) is 18.5. The first-order valence-corrected chi connectivity index (χ1v) is 16.3. The van der Waals surface area contributed by atoms with Crippen LogP contribution in [0.1, 0.15) is 46.1 Å². The monoisotopic (exact) mass is 593 g/mol. The highest BCUT2D eigenvalue weighted by Gasteiger charge is 2.53. The summed E-state index contributed by atoms with van der Waals surface area (Å²) in [6.45, 7) is 12.6. The van der Waals surface area contributed by atoms with Crippen LogP contribution in [0.5, 0.6) is 0 Å². The van der Waals surface area contributed by atoms with E-state index in [2.05, 4.69) is 30.7 Å². The Labute approximate surface area is 236 Å². The number of azo groups is 1. The van der Waals surface area contributed by atoms with Gasteiger partial charge in [-0.1, -0.05) is 40.3 Å². The molecule has 40 heavy (non-hydrogen) atoms. The third kappa shape index (κ3) is 6.11. The van der Waals surface area contributed by atoms with E-state index in [0.29, 0.717) is 18.4 Å². The summed E-state index contributed by atoms with van der Waals surface area (Å²) in [6, 6.07) is 8.83. The molecule has 1 fully saturated rings. The molecule has 2 aromatic carbocycles. The molecule has 3 rings (SSSR count). The Morgan fingerprint density at radius 1 is 1.05 bits per heavy atom. The van der Waals surface area contributed by atoms with Crippen molar-refractivity contribution in [1.29, 1.82) is 0 Å². The van der Waals surface area contributed by atoms with Crippen molar-refractivity contribution in [1.82, 2.24) is 4.31 Å². The topological polar surface area (TPSA) is 96.2 Å². The summed E-state index contributed by atoms with van der Waals surface area (Å²) in [5, 5.41) is 7.72. The zero-order valence-corrected chi connectivity index (χ0v) is 25.4. The fourth-order valence-corrected chi connectivity index (χ4v) is 7.74. The number of hydrogen-bond donors (Lipinski definition) is 0. The number of sulfonamides is 1. The largest absolute Gasteiger partial charge is 0.243 e. The van der Waals surface area contributed by atoms with E-state index in [-0.39, 0.29) is 40.1 Å². The van der Waals surface area contributed by atoms with Crippen molar-refractivity contribution < 1.29 is 25.6 Å². The second-order valence-electron chi connectivity index (χ2n) is 11.0. The Morgan fingerprint density at radius 2 is 1.60 bits per heavy atom. The molecule has 11 heteroatoms. The highest BCUT2D eigenvalue weighted by molar-refractivity contribution is 7.90. The van der Waals surface area contributed by atoms with Gasteiger partial charge in [-0.2, -0.15) is 14.5 Å². The standard InChI is InChI=1S/C29H37F2N3O4S2/c1-8-34(40(37,38)22-14-12-21(13-15-22)39(7,35)36)19-29(5)17-16-23(28(29,3)4)20(2)18-26(33-32-6)27-24(30)10-9-11-25(27)31/h9-15,18,23H,2,8,16-17,19H2,1,3-7H3/b26-18-,33-32-. The maximum absolute atomic E-state index is 14.5. The fourth-order valence-electron chi connectivity index (χ4n) is 5.54. The minimum absolute atomic E-state index is 0.0199. The van der Waals surface area contributed by atoms with E-state index in [1.807, 2.05) is 6.92 Å². The average Bonchev–Trinajstić information content (AvgIpc) is 3.10. The minimum Gasteiger partial charge on any atom is -0.224 e. The lowest BCUT2D eigenvalue weighted by Crippen LogP contribution is -2.46. The Bertz CT molecular complexity index is 1530. The molecule has 0 spiro atoms. The molecule has 0 aromatic heterocycles. The van der Waals surface area contributed by atoms with Crippen LogP contribution >= 0.6 is 0 Å². The number of halogens is 2. The van der Waals surface area contributed by atoms with Gasteiger partial charge in [-0.05, 0) is 77.6 Å². The quantitative estimate of drug-likeness (QED) is 0.232. The van der Waals surface area contributed by atoms with E-state index in [4.69, 9.17) is 0 Å². The molecule has 218 valence electrons. The molecule has 2 unspecified atom stereocenters. The summed E-state index contributed by atoms with van der Waals surface area (Å²) >= 11 is 0. The van der Waals surface area contributed by atoms with Gasteiger partial charge in [0.2, 0.25) is 10.0 Å². The third-order valence-corrected chi connectivity index (χ3v) is 11.4. The van der Waals surface area contributed by atoms with Crippen LogP contribution in [-0.2, 0) is 19.9 Å². The molecular formula is C29H37F2N3O4S2. The van der Waals surface area contributed by atoms with Gasteiger partial charge in [0.25, 0.3) is 0 Å². The summed E-state index contributed by atoms with van der Waals surface area (Å²) in [7, 11) is -5.95. The van der Waals surface area contributed by atoms with Gasteiger partial charge in [0, 0.05) is 26.4 Å².